The third kappa shape index (κ3) is 4.35. The smallest absolute Gasteiger partial charge is 0.336 e. The van der Waals surface area contributed by atoms with E-state index in [9.17, 15) is 9.59 Å². The Morgan fingerprint density at radius 3 is 1.52 bits per heavy atom. The van der Waals surface area contributed by atoms with E-state index in [4.69, 9.17) is 25.4 Å². The molecule has 0 aliphatic carbocycles. The Labute approximate surface area is 154 Å². The fourth-order valence-corrected chi connectivity index (χ4v) is 2.33. The number of nitrogens with two attached hydrogens (primary N) is 1. The van der Waals surface area contributed by atoms with Crippen molar-refractivity contribution in [1.82, 2.24) is 0 Å². The number of carboxylic acid groups (broad SMARTS) is 2. The molecule has 136 valence electrons. The molecule has 0 fully saturated rings. The number of carboxylic acids is 2. The van der Waals surface area contributed by atoms with Gasteiger partial charge in [0.1, 0.15) is 23.0 Å². The quantitative estimate of drug-likeness (QED) is 0.559. The van der Waals surface area contributed by atoms with E-state index in [2.05, 4.69) is 0 Å². The lowest BCUT2D eigenvalue weighted by Crippen LogP contribution is -2.07. The molecule has 0 spiro atoms. The van der Waals surface area contributed by atoms with Gasteiger partial charge in [0, 0.05) is 5.69 Å². The predicted molar refractivity (Wildman–Crippen MR) is 97.8 cm³/mol. The topological polar surface area (TPSA) is 119 Å². The average molecular weight is 365 g/mol. The molecule has 0 radical (unpaired) electrons. The molecule has 0 saturated heterocycles. The minimum atomic E-state index is -1.34. The summed E-state index contributed by atoms with van der Waals surface area (Å²) in [7, 11) is 0. The average Bonchev–Trinajstić information content (AvgIpc) is 2.65. The zero-order valence-corrected chi connectivity index (χ0v) is 14.0. The van der Waals surface area contributed by atoms with Crippen molar-refractivity contribution in [3.8, 4) is 23.0 Å². The minimum Gasteiger partial charge on any atom is -0.478 e. The van der Waals surface area contributed by atoms with Crippen LogP contribution in [0.2, 0.25) is 0 Å². The van der Waals surface area contributed by atoms with E-state index in [1.54, 1.807) is 48.5 Å². The molecule has 0 amide bonds. The van der Waals surface area contributed by atoms with E-state index in [1.807, 2.05) is 0 Å². The van der Waals surface area contributed by atoms with Gasteiger partial charge in [-0.25, -0.2) is 9.59 Å². The Kier molecular flexibility index (Phi) is 4.94. The lowest BCUT2D eigenvalue weighted by Gasteiger charge is -2.10. The maximum atomic E-state index is 11.2. The number of rotatable bonds is 6. The molecule has 0 atom stereocenters. The van der Waals surface area contributed by atoms with Crippen molar-refractivity contribution < 1.29 is 29.3 Å². The lowest BCUT2D eigenvalue weighted by atomic mass is 10.1. The molecule has 7 nitrogen and oxygen atoms in total. The number of ether oxygens (including phenoxy) is 2. The molecule has 3 aromatic rings. The summed E-state index contributed by atoms with van der Waals surface area (Å²) in [6, 6.07) is 17.4. The van der Waals surface area contributed by atoms with Crippen molar-refractivity contribution in [1.29, 1.82) is 0 Å². The minimum absolute atomic E-state index is 0.213. The van der Waals surface area contributed by atoms with Gasteiger partial charge in [-0.1, -0.05) is 0 Å². The molecule has 27 heavy (non-hydrogen) atoms. The molecular formula is C20H15NO6. The summed E-state index contributed by atoms with van der Waals surface area (Å²) in [5, 5.41) is 18.2. The molecule has 0 heterocycles. The van der Waals surface area contributed by atoms with Crippen LogP contribution in [0, 0.1) is 0 Å². The van der Waals surface area contributed by atoms with E-state index in [-0.39, 0.29) is 16.9 Å². The molecule has 7 heteroatoms. The Bertz CT molecular complexity index is 980. The molecule has 3 aromatic carbocycles. The largest absolute Gasteiger partial charge is 0.478 e. The van der Waals surface area contributed by atoms with Crippen LogP contribution in [0.4, 0.5) is 5.69 Å². The van der Waals surface area contributed by atoms with Gasteiger partial charge in [-0.3, -0.25) is 0 Å². The van der Waals surface area contributed by atoms with Crippen LogP contribution in [0.15, 0.2) is 66.7 Å². The number of carbonyl (C=O) groups is 2. The second kappa shape index (κ2) is 7.49. The van der Waals surface area contributed by atoms with Crippen LogP contribution < -0.4 is 15.2 Å². The number of anilines is 1. The van der Waals surface area contributed by atoms with Gasteiger partial charge in [-0.15, -0.1) is 0 Å². The third-order valence-electron chi connectivity index (χ3n) is 3.63. The zero-order chi connectivity index (χ0) is 19.4. The van der Waals surface area contributed by atoms with Crippen LogP contribution in [0.25, 0.3) is 0 Å². The Balaban J connectivity index is 1.74. The van der Waals surface area contributed by atoms with Gasteiger partial charge in [0.05, 0.1) is 11.1 Å². The van der Waals surface area contributed by atoms with Crippen molar-refractivity contribution in [2.24, 2.45) is 0 Å². The first-order valence-corrected chi connectivity index (χ1v) is 7.84. The molecule has 0 saturated carbocycles. The Hall–Kier alpha value is -4.00. The number of hydrogen-bond donors (Lipinski definition) is 3. The summed E-state index contributed by atoms with van der Waals surface area (Å²) >= 11 is 0. The van der Waals surface area contributed by atoms with Crippen LogP contribution in [-0.2, 0) is 0 Å². The fourth-order valence-electron chi connectivity index (χ4n) is 2.33. The number of aromatic carboxylic acids is 2. The van der Waals surface area contributed by atoms with Gasteiger partial charge < -0.3 is 25.4 Å². The molecule has 0 aliphatic rings. The molecule has 4 N–H and O–H groups in total. The third-order valence-corrected chi connectivity index (χ3v) is 3.63. The highest BCUT2D eigenvalue weighted by atomic mass is 16.5. The van der Waals surface area contributed by atoms with E-state index >= 15 is 0 Å². The molecule has 0 bridgehead atoms. The van der Waals surface area contributed by atoms with Gasteiger partial charge in [0.2, 0.25) is 0 Å². The maximum Gasteiger partial charge on any atom is 0.336 e. The van der Waals surface area contributed by atoms with Crippen molar-refractivity contribution in [2.45, 2.75) is 0 Å². The van der Waals surface area contributed by atoms with E-state index in [1.165, 1.54) is 18.2 Å². The first kappa shape index (κ1) is 17.8. The van der Waals surface area contributed by atoms with Crippen LogP contribution in [0.3, 0.4) is 0 Å². The van der Waals surface area contributed by atoms with Crippen LogP contribution in [-0.4, -0.2) is 22.2 Å². The summed E-state index contributed by atoms with van der Waals surface area (Å²) < 4.78 is 11.3. The van der Waals surface area contributed by atoms with Crippen molar-refractivity contribution >= 4 is 17.6 Å². The maximum absolute atomic E-state index is 11.2. The van der Waals surface area contributed by atoms with Gasteiger partial charge in [0.25, 0.3) is 0 Å². The molecule has 0 aromatic heterocycles. The Morgan fingerprint density at radius 2 is 1.04 bits per heavy atom. The molecule has 0 unspecified atom stereocenters. The molecule has 3 rings (SSSR count). The van der Waals surface area contributed by atoms with Gasteiger partial charge in [-0.05, 0) is 66.7 Å². The van der Waals surface area contributed by atoms with Crippen LogP contribution in [0.1, 0.15) is 20.7 Å². The summed E-state index contributed by atoms with van der Waals surface area (Å²) in [5.41, 5.74) is 5.62. The van der Waals surface area contributed by atoms with Gasteiger partial charge >= 0.3 is 11.9 Å². The first-order valence-electron chi connectivity index (χ1n) is 7.84. The zero-order valence-electron chi connectivity index (χ0n) is 14.0. The predicted octanol–water partition coefficient (Wildman–Crippen LogP) is 4.25. The second-order valence-corrected chi connectivity index (χ2v) is 5.56. The highest BCUT2D eigenvalue weighted by molar-refractivity contribution is 6.02. The van der Waals surface area contributed by atoms with Crippen molar-refractivity contribution in [3.63, 3.8) is 0 Å². The van der Waals surface area contributed by atoms with Gasteiger partial charge in [-0.2, -0.15) is 0 Å². The monoisotopic (exact) mass is 365 g/mol. The van der Waals surface area contributed by atoms with E-state index < -0.39 is 11.9 Å². The SMILES string of the molecule is Nc1ccc(Oc2ccc(Oc3ccc(C(=O)O)c(C(=O)O)c3)cc2)cc1. The van der Waals surface area contributed by atoms with E-state index in [0.717, 1.165) is 0 Å². The van der Waals surface area contributed by atoms with Crippen LogP contribution >= 0.6 is 0 Å². The molecular weight excluding hydrogens is 350 g/mol. The first-order chi connectivity index (χ1) is 12.9. The van der Waals surface area contributed by atoms with E-state index in [0.29, 0.717) is 22.9 Å². The summed E-state index contributed by atoms with van der Waals surface area (Å²) in [5.74, 6) is -0.787. The van der Waals surface area contributed by atoms with Gasteiger partial charge in [0.15, 0.2) is 0 Å². The fraction of sp³-hybridized carbons (Fsp3) is 0. The number of benzene rings is 3. The van der Waals surface area contributed by atoms with Crippen LogP contribution in [0.5, 0.6) is 23.0 Å². The summed E-state index contributed by atoms with van der Waals surface area (Å²) in [6.45, 7) is 0. The summed E-state index contributed by atoms with van der Waals surface area (Å²) in [4.78, 5) is 22.3. The standard InChI is InChI=1S/C20H15NO6/c21-12-1-3-13(4-2-12)26-14-5-7-15(8-6-14)27-16-9-10-17(19(22)23)18(11-16)20(24)25/h1-11H,21H2,(H,22,23)(H,24,25). The number of nitrogen functional groups attached to an aromatic ring is 1. The highest BCUT2D eigenvalue weighted by Gasteiger charge is 2.17. The normalized spacial score (nSPS) is 10.2. The highest BCUT2D eigenvalue weighted by Crippen LogP contribution is 2.28. The Morgan fingerprint density at radius 1 is 0.630 bits per heavy atom. The number of hydrogen-bond acceptors (Lipinski definition) is 5. The van der Waals surface area contributed by atoms with Crippen molar-refractivity contribution in [3.05, 3.63) is 77.9 Å². The lowest BCUT2D eigenvalue weighted by molar-refractivity contribution is 0.0651. The summed E-state index contributed by atoms with van der Waals surface area (Å²) in [6.07, 6.45) is 0. The molecule has 0 aliphatic heterocycles. The second-order valence-electron chi connectivity index (χ2n) is 5.56. The van der Waals surface area contributed by atoms with Crippen molar-refractivity contribution in [2.75, 3.05) is 5.73 Å².